The number of aryl methyl sites for hydroxylation is 1. The van der Waals surface area contributed by atoms with Crippen molar-refractivity contribution in [2.24, 2.45) is 0 Å². The number of carbonyl (C=O) groups is 1. The van der Waals surface area contributed by atoms with Gasteiger partial charge in [0.25, 0.3) is 0 Å². The molecule has 1 aliphatic rings. The maximum absolute atomic E-state index is 14.1. The Balaban J connectivity index is 1.79. The molecule has 0 N–H and O–H groups in total. The molecule has 3 aromatic rings. The first-order chi connectivity index (χ1) is 21.0. The third-order valence-corrected chi connectivity index (χ3v) is 9.73. The fourth-order valence-electron chi connectivity index (χ4n) is 5.51. The van der Waals surface area contributed by atoms with E-state index in [0.717, 1.165) is 11.2 Å². The number of anilines is 2. The van der Waals surface area contributed by atoms with Gasteiger partial charge in [-0.3, -0.25) is 4.79 Å². The van der Waals surface area contributed by atoms with Crippen molar-refractivity contribution in [3.8, 4) is 11.1 Å². The molecule has 0 saturated carbocycles. The number of halogens is 7. The van der Waals surface area contributed by atoms with E-state index in [9.17, 15) is 43.9 Å². The maximum atomic E-state index is 14.1. The summed E-state index contributed by atoms with van der Waals surface area (Å²) in [4.78, 5) is 21.4. The van der Waals surface area contributed by atoms with Crippen LogP contribution in [0.4, 0.5) is 42.2 Å². The molecule has 0 radical (unpaired) electrons. The fourth-order valence-corrected chi connectivity index (χ4v) is 6.22. The average molecular weight is 675 g/mol. The van der Waals surface area contributed by atoms with Gasteiger partial charge >= 0.3 is 12.4 Å². The normalized spacial score (nSPS) is 16.3. The number of benzene rings is 2. The Bertz CT molecular complexity index is 1730. The standard InChI is InChI=1S/C31H33F7N4O3S/c1-18-11-22(32)7-8-24(18)25-15-27(42-10-9-23(17-42)41(5)46(6,44)45)39-16-26(25)40(4)28(43)29(2,3)19-12-20(30(33,34)35)14-21(13-19)31(36,37)38/h7-8,11-16,23H,9-10,17H2,1-6H3. The Morgan fingerprint density at radius 3 is 2.00 bits per heavy atom. The maximum Gasteiger partial charge on any atom is 0.416 e. The SMILES string of the molecule is Cc1cc(F)ccc1-c1cc(N2CCC(N(C)S(C)(=O)=O)C2)ncc1N(C)C(=O)C(C)(C)c1cc(C(F)(F)F)cc(C(F)(F)F)c1. The lowest BCUT2D eigenvalue weighted by Crippen LogP contribution is -2.42. The summed E-state index contributed by atoms with van der Waals surface area (Å²) in [5.41, 5.74) is -3.89. The van der Waals surface area contributed by atoms with Crippen LogP contribution in [0.25, 0.3) is 11.1 Å². The van der Waals surface area contributed by atoms with Gasteiger partial charge in [0.2, 0.25) is 15.9 Å². The fraction of sp³-hybridized carbons (Fsp3) is 0.419. The second-order valence-corrected chi connectivity index (χ2v) is 14.0. The van der Waals surface area contributed by atoms with Crippen LogP contribution in [0, 0.1) is 12.7 Å². The first-order valence-electron chi connectivity index (χ1n) is 14.0. The Hall–Kier alpha value is -3.72. The minimum atomic E-state index is -5.10. The van der Waals surface area contributed by atoms with Crippen LogP contribution in [-0.4, -0.2) is 63.1 Å². The molecule has 0 aliphatic carbocycles. The number of amides is 1. The van der Waals surface area contributed by atoms with Gasteiger partial charge in [-0.05, 0) is 80.3 Å². The van der Waals surface area contributed by atoms with Crippen molar-refractivity contribution >= 4 is 27.4 Å². The average Bonchev–Trinajstić information content (AvgIpc) is 3.44. The number of alkyl halides is 6. The van der Waals surface area contributed by atoms with Crippen molar-refractivity contribution in [2.45, 2.75) is 51.0 Å². The summed E-state index contributed by atoms with van der Waals surface area (Å²) in [6.07, 6.45) is -7.23. The molecule has 1 fully saturated rings. The quantitative estimate of drug-likeness (QED) is 0.263. The van der Waals surface area contributed by atoms with Crippen molar-refractivity contribution in [1.29, 1.82) is 0 Å². The zero-order chi connectivity index (χ0) is 34.6. The monoisotopic (exact) mass is 674 g/mol. The highest BCUT2D eigenvalue weighted by Crippen LogP contribution is 2.41. The molecule has 15 heteroatoms. The Morgan fingerprint density at radius 2 is 1.48 bits per heavy atom. The smallest absolute Gasteiger partial charge is 0.355 e. The lowest BCUT2D eigenvalue weighted by molar-refractivity contribution is -0.143. The largest absolute Gasteiger partial charge is 0.416 e. The lowest BCUT2D eigenvalue weighted by atomic mass is 9.81. The molecule has 1 aromatic heterocycles. The van der Waals surface area contributed by atoms with E-state index < -0.39 is 56.2 Å². The van der Waals surface area contributed by atoms with Crippen LogP contribution in [0.3, 0.4) is 0 Å². The van der Waals surface area contributed by atoms with Crippen molar-refractivity contribution in [1.82, 2.24) is 9.29 Å². The number of pyridine rings is 1. The Kier molecular flexibility index (Phi) is 9.27. The van der Waals surface area contributed by atoms with Crippen LogP contribution in [0.15, 0.2) is 48.7 Å². The van der Waals surface area contributed by atoms with Crippen LogP contribution in [-0.2, 0) is 32.6 Å². The predicted octanol–water partition coefficient (Wildman–Crippen LogP) is 6.64. The minimum Gasteiger partial charge on any atom is -0.355 e. The number of nitrogens with zero attached hydrogens (tertiary/aromatic N) is 4. The third-order valence-electron chi connectivity index (χ3n) is 8.38. The summed E-state index contributed by atoms with van der Waals surface area (Å²) in [5, 5.41) is 0. The first-order valence-corrected chi connectivity index (χ1v) is 15.9. The molecule has 0 spiro atoms. The molecule has 7 nitrogen and oxygen atoms in total. The lowest BCUT2D eigenvalue weighted by Gasteiger charge is -2.32. The van der Waals surface area contributed by atoms with Gasteiger partial charge in [0.15, 0.2) is 0 Å². The van der Waals surface area contributed by atoms with E-state index in [4.69, 9.17) is 0 Å². The van der Waals surface area contributed by atoms with Gasteiger partial charge in [0.1, 0.15) is 11.6 Å². The van der Waals surface area contributed by atoms with Crippen molar-refractivity contribution in [3.63, 3.8) is 0 Å². The molecular formula is C31H33F7N4O3S. The zero-order valence-corrected chi connectivity index (χ0v) is 26.7. The van der Waals surface area contributed by atoms with E-state index >= 15 is 0 Å². The van der Waals surface area contributed by atoms with Gasteiger partial charge in [-0.15, -0.1) is 0 Å². The van der Waals surface area contributed by atoms with E-state index in [0.29, 0.717) is 54.2 Å². The highest BCUT2D eigenvalue weighted by atomic mass is 32.2. The summed E-state index contributed by atoms with van der Waals surface area (Å²) >= 11 is 0. The molecule has 1 atom stereocenters. The molecule has 0 bridgehead atoms. The second-order valence-electron chi connectivity index (χ2n) is 12.0. The van der Waals surface area contributed by atoms with Crippen molar-refractivity contribution in [2.75, 3.05) is 43.2 Å². The molecule has 2 heterocycles. The Morgan fingerprint density at radius 1 is 0.913 bits per heavy atom. The molecule has 46 heavy (non-hydrogen) atoms. The molecule has 1 amide bonds. The molecule has 1 aliphatic heterocycles. The summed E-state index contributed by atoms with van der Waals surface area (Å²) in [6.45, 7) is 4.88. The van der Waals surface area contributed by atoms with E-state index in [1.165, 1.54) is 56.6 Å². The van der Waals surface area contributed by atoms with Gasteiger partial charge in [-0.25, -0.2) is 22.1 Å². The Labute approximate surface area is 262 Å². The van der Waals surface area contributed by atoms with Crippen LogP contribution in [0.1, 0.15) is 42.5 Å². The van der Waals surface area contributed by atoms with Crippen LogP contribution in [0.5, 0.6) is 0 Å². The number of aromatic nitrogens is 1. The topological polar surface area (TPSA) is 73.8 Å². The first kappa shape index (κ1) is 35.1. The summed E-state index contributed by atoms with van der Waals surface area (Å²) in [6, 6.07) is 6.36. The number of hydrogen-bond acceptors (Lipinski definition) is 5. The third kappa shape index (κ3) is 7.14. The van der Waals surface area contributed by atoms with Crippen molar-refractivity contribution in [3.05, 3.63) is 76.7 Å². The van der Waals surface area contributed by atoms with Gasteiger partial charge in [0.05, 0.1) is 34.7 Å². The number of sulfonamides is 1. The highest BCUT2D eigenvalue weighted by Gasteiger charge is 2.41. The van der Waals surface area contributed by atoms with Gasteiger partial charge in [0, 0.05) is 38.8 Å². The van der Waals surface area contributed by atoms with E-state index in [-0.39, 0.29) is 17.8 Å². The number of likely N-dealkylation sites (N-methyl/N-ethyl adjacent to an activating group) is 2. The molecule has 4 rings (SSSR count). The van der Waals surface area contributed by atoms with E-state index in [1.807, 2.05) is 4.90 Å². The zero-order valence-electron chi connectivity index (χ0n) is 25.9. The van der Waals surface area contributed by atoms with E-state index in [2.05, 4.69) is 4.98 Å². The number of rotatable bonds is 7. The van der Waals surface area contributed by atoms with Gasteiger partial charge in [-0.1, -0.05) is 6.07 Å². The van der Waals surface area contributed by atoms with Gasteiger partial charge in [-0.2, -0.15) is 26.3 Å². The molecule has 250 valence electrons. The molecular weight excluding hydrogens is 641 g/mol. The number of hydrogen-bond donors (Lipinski definition) is 0. The second kappa shape index (κ2) is 12.1. The summed E-state index contributed by atoms with van der Waals surface area (Å²) < 4.78 is 121. The molecule has 2 aromatic carbocycles. The highest BCUT2D eigenvalue weighted by molar-refractivity contribution is 7.88. The van der Waals surface area contributed by atoms with E-state index in [1.54, 1.807) is 13.0 Å². The minimum absolute atomic E-state index is 0.00241. The summed E-state index contributed by atoms with van der Waals surface area (Å²) in [7, 11) is -0.646. The van der Waals surface area contributed by atoms with Crippen LogP contribution < -0.4 is 9.80 Å². The predicted molar refractivity (Wildman–Crippen MR) is 160 cm³/mol. The van der Waals surface area contributed by atoms with Crippen LogP contribution >= 0.6 is 0 Å². The van der Waals surface area contributed by atoms with Gasteiger partial charge < -0.3 is 9.80 Å². The van der Waals surface area contributed by atoms with Crippen LogP contribution in [0.2, 0.25) is 0 Å². The summed E-state index contributed by atoms with van der Waals surface area (Å²) in [5.74, 6) is -0.912. The number of carbonyl (C=O) groups excluding carboxylic acids is 1. The van der Waals surface area contributed by atoms with Crippen molar-refractivity contribution < 1.29 is 43.9 Å². The molecule has 1 saturated heterocycles. The molecule has 1 unspecified atom stereocenters.